The Morgan fingerprint density at radius 1 is 1.04 bits per heavy atom. The highest BCUT2D eigenvalue weighted by molar-refractivity contribution is 7.83. The van der Waals surface area contributed by atoms with Crippen LogP contribution in [0.15, 0.2) is 101 Å². The van der Waals surface area contributed by atoms with Gasteiger partial charge in [0.1, 0.15) is 12.0 Å². The standard InChI is InChI=1S/C35H40ClN8O5P/c1-42(2)22-38-34-39-32-31(33(45)40-34)37-23-44(32)30-20-28(29(49-30)21-48-50(36,46)43(3)4)41-35(24-12-8-6-9-13-24,25-14-10-7-11-15-25)26-16-18-27(47-5)19-17-26/h6-19,22-23,28-30,41H,20-21H2,1-5H3,(H,39,40,45). The van der Waals surface area contributed by atoms with Crippen molar-refractivity contribution in [2.45, 2.75) is 30.3 Å². The van der Waals surface area contributed by atoms with Crippen molar-refractivity contribution in [2.24, 2.45) is 4.99 Å². The van der Waals surface area contributed by atoms with Gasteiger partial charge in [-0.05, 0) is 54.2 Å². The quantitative estimate of drug-likeness (QED) is 0.0693. The smallest absolute Gasteiger partial charge is 0.362 e. The summed E-state index contributed by atoms with van der Waals surface area (Å²) in [6.45, 7) is -3.73. The van der Waals surface area contributed by atoms with Gasteiger partial charge in [0.05, 0.1) is 38.0 Å². The molecular formula is C35H40ClN8O5P. The van der Waals surface area contributed by atoms with Crippen molar-refractivity contribution < 1.29 is 18.6 Å². The molecule has 5 aromatic rings. The van der Waals surface area contributed by atoms with E-state index in [0.29, 0.717) is 12.1 Å². The zero-order chi connectivity index (χ0) is 35.5. The maximum atomic E-state index is 13.2. The molecule has 6 rings (SSSR count). The number of nitrogens with zero attached hydrogens (tertiary/aromatic N) is 6. The van der Waals surface area contributed by atoms with Crippen LogP contribution in [0.2, 0.25) is 0 Å². The van der Waals surface area contributed by atoms with Crippen LogP contribution >= 0.6 is 18.1 Å². The first-order valence-corrected chi connectivity index (χ1v) is 18.5. The van der Waals surface area contributed by atoms with Gasteiger partial charge in [-0.15, -0.1) is 0 Å². The number of aromatic amines is 1. The lowest BCUT2D eigenvalue weighted by Crippen LogP contribution is -2.53. The first-order chi connectivity index (χ1) is 24.0. The van der Waals surface area contributed by atoms with Gasteiger partial charge in [0, 0.05) is 26.6 Å². The maximum Gasteiger partial charge on any atom is 0.362 e. The molecule has 0 saturated carbocycles. The number of halogens is 1. The van der Waals surface area contributed by atoms with Crippen molar-refractivity contribution in [1.29, 1.82) is 0 Å². The lowest BCUT2D eigenvalue weighted by molar-refractivity contribution is -0.0215. The zero-order valence-corrected chi connectivity index (χ0v) is 30.1. The summed E-state index contributed by atoms with van der Waals surface area (Å²) in [7, 11) is 8.47. The van der Waals surface area contributed by atoms with Gasteiger partial charge in [-0.2, -0.15) is 4.98 Å². The molecule has 0 spiro atoms. The number of H-pyrrole nitrogens is 1. The molecule has 15 heteroatoms. The highest BCUT2D eigenvalue weighted by atomic mass is 35.7. The molecule has 2 aromatic heterocycles. The fourth-order valence-corrected chi connectivity index (χ4v) is 6.82. The van der Waals surface area contributed by atoms with E-state index in [-0.39, 0.29) is 18.1 Å². The second-order valence-corrected chi connectivity index (χ2v) is 15.6. The van der Waals surface area contributed by atoms with Crippen molar-refractivity contribution in [3.05, 3.63) is 118 Å². The molecule has 4 unspecified atom stereocenters. The summed E-state index contributed by atoms with van der Waals surface area (Å²) >= 11 is 6.34. The van der Waals surface area contributed by atoms with Crippen LogP contribution in [0.5, 0.6) is 5.75 Å². The van der Waals surface area contributed by atoms with Crippen LogP contribution in [-0.2, 0) is 19.4 Å². The van der Waals surface area contributed by atoms with E-state index in [1.807, 2.05) is 74.8 Å². The number of hydrogen-bond acceptors (Lipinski definition) is 9. The lowest BCUT2D eigenvalue weighted by atomic mass is 9.76. The van der Waals surface area contributed by atoms with Crippen LogP contribution < -0.4 is 15.6 Å². The predicted molar refractivity (Wildman–Crippen MR) is 194 cm³/mol. The number of rotatable bonds is 13. The number of imidazole rings is 1. The van der Waals surface area contributed by atoms with Crippen molar-refractivity contribution in [3.63, 3.8) is 0 Å². The average molecular weight is 719 g/mol. The van der Waals surface area contributed by atoms with Crippen molar-refractivity contribution in [3.8, 4) is 5.75 Å². The van der Waals surface area contributed by atoms with Crippen molar-refractivity contribution >= 4 is 41.6 Å². The summed E-state index contributed by atoms with van der Waals surface area (Å²) < 4.78 is 34.3. The summed E-state index contributed by atoms with van der Waals surface area (Å²) in [4.78, 5) is 30.7. The summed E-state index contributed by atoms with van der Waals surface area (Å²) in [6.07, 6.45) is 2.19. The molecule has 1 fully saturated rings. The van der Waals surface area contributed by atoms with Crippen LogP contribution in [0.25, 0.3) is 11.2 Å². The van der Waals surface area contributed by atoms with Crippen LogP contribution in [-0.4, -0.2) is 89.5 Å². The van der Waals surface area contributed by atoms with E-state index < -0.39 is 36.3 Å². The molecule has 0 amide bonds. The van der Waals surface area contributed by atoms with Crippen molar-refractivity contribution in [2.75, 3.05) is 41.9 Å². The SMILES string of the molecule is COc1ccc(C(NC2CC(n3cnc4c(=O)[nH]c(N=CN(C)C)nc43)OC2COP(=O)(Cl)N(C)C)(c2ccccc2)c2ccccc2)cc1. The number of nitrogens with one attached hydrogen (secondary N) is 2. The largest absolute Gasteiger partial charge is 0.497 e. The van der Waals surface area contributed by atoms with E-state index in [1.54, 1.807) is 37.0 Å². The number of hydrogen-bond donors (Lipinski definition) is 2. The minimum absolute atomic E-state index is 0.0889. The first-order valence-electron chi connectivity index (χ1n) is 16.0. The molecule has 1 saturated heterocycles. The molecule has 4 atom stereocenters. The number of methoxy groups -OCH3 is 1. The number of fused-ring (bicyclic) bond motifs is 1. The monoisotopic (exact) mass is 718 g/mol. The summed E-state index contributed by atoms with van der Waals surface area (Å²) in [5.41, 5.74) is 2.09. The van der Waals surface area contributed by atoms with E-state index in [2.05, 4.69) is 49.5 Å². The van der Waals surface area contributed by atoms with Gasteiger partial charge in [-0.25, -0.2) is 14.6 Å². The Balaban J connectivity index is 1.47. The Hall–Kier alpha value is -4.36. The molecule has 2 N–H and O–H groups in total. The summed E-state index contributed by atoms with van der Waals surface area (Å²) in [6, 6.07) is 27.8. The third-order valence-corrected chi connectivity index (χ3v) is 11.2. The molecule has 0 bridgehead atoms. The summed E-state index contributed by atoms with van der Waals surface area (Å²) in [5, 5.41) is 3.98. The Morgan fingerprint density at radius 2 is 1.66 bits per heavy atom. The molecule has 3 heterocycles. The van der Waals surface area contributed by atoms with Crippen LogP contribution in [0.1, 0.15) is 29.3 Å². The number of aliphatic imine (C=N–C) groups is 1. The minimum atomic E-state index is -3.64. The zero-order valence-electron chi connectivity index (χ0n) is 28.4. The Morgan fingerprint density at radius 3 is 2.24 bits per heavy atom. The Kier molecular flexibility index (Phi) is 10.5. The minimum Gasteiger partial charge on any atom is -0.497 e. The van der Waals surface area contributed by atoms with Crippen LogP contribution in [0.3, 0.4) is 0 Å². The predicted octanol–water partition coefficient (Wildman–Crippen LogP) is 5.51. The van der Waals surface area contributed by atoms with Gasteiger partial charge in [-0.3, -0.25) is 24.2 Å². The van der Waals surface area contributed by atoms with Crippen LogP contribution in [0.4, 0.5) is 5.95 Å². The van der Waals surface area contributed by atoms with E-state index in [1.165, 1.54) is 11.0 Å². The number of benzene rings is 3. The van der Waals surface area contributed by atoms with E-state index in [0.717, 1.165) is 22.4 Å². The average Bonchev–Trinajstić information content (AvgIpc) is 3.73. The lowest BCUT2D eigenvalue weighted by Gasteiger charge is -2.40. The Bertz CT molecular complexity index is 2000. The van der Waals surface area contributed by atoms with E-state index in [4.69, 9.17) is 25.2 Å². The van der Waals surface area contributed by atoms with E-state index >= 15 is 0 Å². The molecule has 262 valence electrons. The fourth-order valence-electron chi connectivity index (χ4n) is 6.09. The highest BCUT2D eigenvalue weighted by Gasteiger charge is 2.45. The molecule has 0 radical (unpaired) electrons. The molecule has 3 aromatic carbocycles. The molecule has 0 aliphatic carbocycles. The van der Waals surface area contributed by atoms with E-state index in [9.17, 15) is 9.36 Å². The molecule has 1 aliphatic rings. The Labute approximate surface area is 295 Å². The molecule has 50 heavy (non-hydrogen) atoms. The molecular weight excluding hydrogens is 679 g/mol. The highest BCUT2D eigenvalue weighted by Crippen LogP contribution is 2.54. The third kappa shape index (κ3) is 7.25. The van der Waals surface area contributed by atoms with Gasteiger partial charge in [-0.1, -0.05) is 72.8 Å². The maximum absolute atomic E-state index is 13.2. The normalized spacial score (nSPS) is 19.3. The van der Waals surface area contributed by atoms with Gasteiger partial charge in [0.15, 0.2) is 11.2 Å². The first kappa shape index (κ1) is 35.5. The molecule has 1 aliphatic heterocycles. The number of ether oxygens (including phenoxy) is 2. The second kappa shape index (κ2) is 14.9. The third-order valence-electron chi connectivity index (χ3n) is 8.59. The number of aromatic nitrogens is 4. The van der Waals surface area contributed by atoms with Crippen LogP contribution in [0, 0.1) is 0 Å². The summed E-state index contributed by atoms with van der Waals surface area (Å²) in [5.74, 6) is 0.857. The van der Waals surface area contributed by atoms with Crippen molar-refractivity contribution in [1.82, 2.24) is 34.4 Å². The van der Waals surface area contributed by atoms with Gasteiger partial charge >= 0.3 is 6.87 Å². The van der Waals surface area contributed by atoms with Gasteiger partial charge in [0.25, 0.3) is 5.56 Å². The van der Waals surface area contributed by atoms with Gasteiger partial charge in [0.2, 0.25) is 5.95 Å². The van der Waals surface area contributed by atoms with Gasteiger partial charge < -0.3 is 18.9 Å². The fraction of sp³-hybridized carbons (Fsp3) is 0.314. The molecule has 13 nitrogen and oxygen atoms in total. The topological polar surface area (TPSA) is 139 Å². The second-order valence-electron chi connectivity index (χ2n) is 12.3.